The number of halogens is 2. The number of aromatic nitrogens is 3. The minimum absolute atomic E-state index is 0.121. The minimum Gasteiger partial charge on any atom is -0.324 e. The molecule has 1 aromatic heterocycles. The zero-order valence-electron chi connectivity index (χ0n) is 5.96. The topological polar surface area (TPSA) is 56.7 Å². The lowest BCUT2D eigenvalue weighted by Gasteiger charge is -1.90. The maximum absolute atomic E-state index is 11.9. The van der Waals surface area contributed by atoms with Crippen LogP contribution in [-0.2, 0) is 13.6 Å². The summed E-state index contributed by atoms with van der Waals surface area (Å²) in [5.41, 5.74) is 5.20. The smallest absolute Gasteiger partial charge is 0.299 e. The normalized spacial score (nSPS) is 11.0. The molecule has 0 spiro atoms. The van der Waals surface area contributed by atoms with Gasteiger partial charge in [0.1, 0.15) is 5.82 Å². The Balaban J connectivity index is 2.95. The van der Waals surface area contributed by atoms with Crippen molar-refractivity contribution in [2.75, 3.05) is 0 Å². The average Bonchev–Trinajstić information content (AvgIpc) is 2.31. The van der Waals surface area contributed by atoms with Crippen molar-refractivity contribution in [1.82, 2.24) is 14.8 Å². The van der Waals surface area contributed by atoms with Gasteiger partial charge >= 0.3 is 0 Å². The summed E-state index contributed by atoms with van der Waals surface area (Å²) in [6.07, 6.45) is -2.62. The summed E-state index contributed by atoms with van der Waals surface area (Å²) in [6, 6.07) is 0. The first kappa shape index (κ1) is 8.06. The first-order valence-corrected chi connectivity index (χ1v) is 3.03. The Bertz CT molecular complexity index is 245. The molecule has 0 radical (unpaired) electrons. The minimum atomic E-state index is -2.62. The monoisotopic (exact) mass is 162 g/mol. The van der Waals surface area contributed by atoms with Gasteiger partial charge in [0, 0.05) is 7.05 Å². The van der Waals surface area contributed by atoms with E-state index in [-0.39, 0.29) is 6.54 Å². The highest BCUT2D eigenvalue weighted by Gasteiger charge is 2.14. The lowest BCUT2D eigenvalue weighted by Crippen LogP contribution is -2.05. The van der Waals surface area contributed by atoms with Crippen LogP contribution in [0.5, 0.6) is 0 Å². The van der Waals surface area contributed by atoms with E-state index in [4.69, 9.17) is 5.73 Å². The number of alkyl halides is 2. The molecule has 0 aliphatic rings. The Morgan fingerprint density at radius 3 is 2.55 bits per heavy atom. The van der Waals surface area contributed by atoms with Crippen LogP contribution in [0.1, 0.15) is 18.1 Å². The zero-order valence-corrected chi connectivity index (χ0v) is 5.96. The maximum Gasteiger partial charge on any atom is 0.299 e. The predicted molar refractivity (Wildman–Crippen MR) is 33.9 cm³/mol. The van der Waals surface area contributed by atoms with Crippen LogP contribution in [-0.4, -0.2) is 14.8 Å². The summed E-state index contributed by atoms with van der Waals surface area (Å²) in [7, 11) is 1.53. The second-order valence-corrected chi connectivity index (χ2v) is 2.01. The Kier molecular flexibility index (Phi) is 2.13. The largest absolute Gasteiger partial charge is 0.324 e. The van der Waals surface area contributed by atoms with Gasteiger partial charge in [-0.1, -0.05) is 0 Å². The molecule has 1 heterocycles. The number of rotatable bonds is 2. The molecule has 0 saturated heterocycles. The van der Waals surface area contributed by atoms with Gasteiger partial charge in [-0.3, -0.25) is 4.68 Å². The maximum atomic E-state index is 11.9. The molecule has 1 aromatic rings. The van der Waals surface area contributed by atoms with E-state index in [0.29, 0.717) is 5.82 Å². The molecule has 62 valence electrons. The molecule has 0 aliphatic carbocycles. The lowest BCUT2D eigenvalue weighted by atomic mass is 10.6. The molecular weight excluding hydrogens is 154 g/mol. The number of hydrogen-bond donors (Lipinski definition) is 1. The van der Waals surface area contributed by atoms with Crippen LogP contribution in [0.3, 0.4) is 0 Å². The predicted octanol–water partition coefficient (Wildman–Crippen LogP) is 0.211. The van der Waals surface area contributed by atoms with Gasteiger partial charge in [0.25, 0.3) is 6.43 Å². The van der Waals surface area contributed by atoms with Crippen molar-refractivity contribution in [3.63, 3.8) is 0 Å². The highest BCUT2D eigenvalue weighted by atomic mass is 19.3. The van der Waals surface area contributed by atoms with E-state index in [1.807, 2.05) is 0 Å². The molecule has 6 heteroatoms. The number of nitrogens with two attached hydrogens (primary N) is 1. The third kappa shape index (κ3) is 1.51. The second-order valence-electron chi connectivity index (χ2n) is 2.01. The molecule has 0 unspecified atom stereocenters. The molecular formula is C5H8F2N4. The molecule has 0 fully saturated rings. The molecule has 0 saturated carbocycles. The molecule has 0 amide bonds. The van der Waals surface area contributed by atoms with E-state index in [0.717, 1.165) is 0 Å². The molecule has 0 bridgehead atoms. The molecule has 1 rings (SSSR count). The molecule has 0 atom stereocenters. The van der Waals surface area contributed by atoms with Gasteiger partial charge in [-0.2, -0.15) is 0 Å². The van der Waals surface area contributed by atoms with Crippen molar-refractivity contribution >= 4 is 0 Å². The first-order valence-electron chi connectivity index (χ1n) is 3.03. The van der Waals surface area contributed by atoms with Crippen molar-refractivity contribution in [3.05, 3.63) is 11.6 Å². The van der Waals surface area contributed by atoms with E-state index in [2.05, 4.69) is 10.1 Å². The van der Waals surface area contributed by atoms with Gasteiger partial charge < -0.3 is 5.73 Å². The van der Waals surface area contributed by atoms with Gasteiger partial charge in [0.2, 0.25) is 5.82 Å². The Morgan fingerprint density at radius 1 is 1.64 bits per heavy atom. The van der Waals surface area contributed by atoms with Crippen LogP contribution >= 0.6 is 0 Å². The summed E-state index contributed by atoms with van der Waals surface area (Å²) in [4.78, 5) is 3.50. The number of aryl methyl sites for hydroxylation is 1. The van der Waals surface area contributed by atoms with E-state index in [1.165, 1.54) is 11.7 Å². The summed E-state index contributed by atoms with van der Waals surface area (Å²) in [5.74, 6) is -0.103. The van der Waals surface area contributed by atoms with Crippen LogP contribution in [0.25, 0.3) is 0 Å². The van der Waals surface area contributed by atoms with Crippen LogP contribution in [0.15, 0.2) is 0 Å². The van der Waals surface area contributed by atoms with Gasteiger partial charge in [-0.05, 0) is 0 Å². The van der Waals surface area contributed by atoms with Gasteiger partial charge in [-0.15, -0.1) is 5.10 Å². The summed E-state index contributed by atoms with van der Waals surface area (Å²) >= 11 is 0. The summed E-state index contributed by atoms with van der Waals surface area (Å²) < 4.78 is 25.1. The molecule has 4 nitrogen and oxygen atoms in total. The lowest BCUT2D eigenvalue weighted by molar-refractivity contribution is 0.140. The fraction of sp³-hybridized carbons (Fsp3) is 0.600. The van der Waals surface area contributed by atoms with Crippen molar-refractivity contribution in [2.45, 2.75) is 13.0 Å². The quantitative estimate of drug-likeness (QED) is 0.676. The van der Waals surface area contributed by atoms with E-state index >= 15 is 0 Å². The molecule has 0 aromatic carbocycles. The summed E-state index contributed by atoms with van der Waals surface area (Å²) in [5, 5.41) is 3.46. The third-order valence-electron chi connectivity index (χ3n) is 1.25. The van der Waals surface area contributed by atoms with Crippen LogP contribution in [0.4, 0.5) is 8.78 Å². The van der Waals surface area contributed by atoms with Crippen molar-refractivity contribution in [1.29, 1.82) is 0 Å². The number of hydrogen-bond acceptors (Lipinski definition) is 3. The average molecular weight is 162 g/mol. The van der Waals surface area contributed by atoms with Crippen molar-refractivity contribution < 1.29 is 8.78 Å². The van der Waals surface area contributed by atoms with Crippen molar-refractivity contribution in [2.24, 2.45) is 12.8 Å². The van der Waals surface area contributed by atoms with Crippen LogP contribution in [0.2, 0.25) is 0 Å². The number of nitrogens with zero attached hydrogens (tertiary/aromatic N) is 3. The Labute approximate surface area is 62.0 Å². The van der Waals surface area contributed by atoms with Crippen LogP contribution < -0.4 is 5.73 Å². The molecule has 0 aliphatic heterocycles. The third-order valence-corrected chi connectivity index (χ3v) is 1.25. The zero-order chi connectivity index (χ0) is 8.43. The van der Waals surface area contributed by atoms with E-state index < -0.39 is 12.2 Å². The Hall–Kier alpha value is -1.04. The fourth-order valence-electron chi connectivity index (χ4n) is 0.709. The highest BCUT2D eigenvalue weighted by molar-refractivity contribution is 4.92. The SMILES string of the molecule is Cn1nc(C(F)F)nc1CN. The molecule has 11 heavy (non-hydrogen) atoms. The van der Waals surface area contributed by atoms with E-state index in [1.54, 1.807) is 0 Å². The van der Waals surface area contributed by atoms with Crippen molar-refractivity contribution in [3.8, 4) is 0 Å². The van der Waals surface area contributed by atoms with E-state index in [9.17, 15) is 8.78 Å². The highest BCUT2D eigenvalue weighted by Crippen LogP contribution is 2.13. The summed E-state index contributed by atoms with van der Waals surface area (Å²) in [6.45, 7) is 0.121. The second kappa shape index (κ2) is 2.91. The Morgan fingerprint density at radius 2 is 2.27 bits per heavy atom. The fourth-order valence-corrected chi connectivity index (χ4v) is 0.709. The standard InChI is InChI=1S/C5H8F2N4/c1-11-3(2-8)9-5(10-11)4(6)7/h4H,2,8H2,1H3. The van der Waals surface area contributed by atoms with Gasteiger partial charge in [-0.25, -0.2) is 13.8 Å². The van der Waals surface area contributed by atoms with Gasteiger partial charge in [0.15, 0.2) is 0 Å². The van der Waals surface area contributed by atoms with Crippen LogP contribution in [0, 0.1) is 0 Å². The van der Waals surface area contributed by atoms with Gasteiger partial charge in [0.05, 0.1) is 6.54 Å². The molecule has 2 N–H and O–H groups in total. The first-order chi connectivity index (χ1) is 5.15.